The molecular formula is C17H18Cl2N2O3S. The molecule has 2 aromatic carbocycles. The van der Waals surface area contributed by atoms with Crippen molar-refractivity contribution in [3.63, 3.8) is 0 Å². The molecule has 2 rings (SSSR count). The van der Waals surface area contributed by atoms with Crippen LogP contribution in [-0.4, -0.2) is 31.7 Å². The molecule has 0 radical (unpaired) electrons. The van der Waals surface area contributed by atoms with Crippen LogP contribution in [0, 0.1) is 0 Å². The lowest BCUT2D eigenvalue weighted by atomic mass is 10.2. The van der Waals surface area contributed by atoms with Gasteiger partial charge >= 0.3 is 0 Å². The zero-order chi connectivity index (χ0) is 18.8. The van der Waals surface area contributed by atoms with Crippen molar-refractivity contribution in [1.82, 2.24) is 4.31 Å². The third-order valence-corrected chi connectivity index (χ3v) is 6.26. The summed E-state index contributed by atoms with van der Waals surface area (Å²) in [5.41, 5.74) is 0.605. The number of benzene rings is 2. The van der Waals surface area contributed by atoms with Crippen molar-refractivity contribution in [3.05, 3.63) is 58.1 Å². The van der Waals surface area contributed by atoms with Crippen LogP contribution in [0.3, 0.4) is 0 Å². The number of nitrogens with one attached hydrogen (secondary N) is 1. The largest absolute Gasteiger partial charge is 0.321 e. The highest BCUT2D eigenvalue weighted by molar-refractivity contribution is 7.89. The quantitative estimate of drug-likeness (QED) is 0.814. The molecule has 5 nitrogen and oxygen atoms in total. The van der Waals surface area contributed by atoms with Crippen LogP contribution < -0.4 is 5.32 Å². The van der Waals surface area contributed by atoms with Crippen LogP contribution >= 0.6 is 23.2 Å². The predicted octanol–water partition coefficient (Wildman–Crippen LogP) is 4.27. The fourth-order valence-corrected chi connectivity index (χ4v) is 3.90. The summed E-state index contributed by atoms with van der Waals surface area (Å²) < 4.78 is 26.4. The first kappa shape index (κ1) is 19.7. The van der Waals surface area contributed by atoms with Crippen molar-refractivity contribution in [2.75, 3.05) is 12.4 Å². The molecule has 8 heteroatoms. The van der Waals surface area contributed by atoms with E-state index in [4.69, 9.17) is 23.2 Å². The molecule has 0 aliphatic rings. The van der Waals surface area contributed by atoms with E-state index in [0.29, 0.717) is 15.7 Å². The minimum atomic E-state index is -3.67. The Balaban J connectivity index is 2.30. The van der Waals surface area contributed by atoms with E-state index in [9.17, 15) is 13.2 Å². The van der Waals surface area contributed by atoms with Gasteiger partial charge in [0.15, 0.2) is 0 Å². The Morgan fingerprint density at radius 3 is 2.40 bits per heavy atom. The molecule has 134 valence electrons. The Hall–Kier alpha value is -1.60. The van der Waals surface area contributed by atoms with E-state index in [1.165, 1.54) is 41.7 Å². The Labute approximate surface area is 157 Å². The van der Waals surface area contributed by atoms with Crippen LogP contribution in [0.1, 0.15) is 24.2 Å². The van der Waals surface area contributed by atoms with E-state index in [-0.39, 0.29) is 16.5 Å². The van der Waals surface area contributed by atoms with E-state index >= 15 is 0 Å². The molecule has 0 unspecified atom stereocenters. The fourth-order valence-electron chi connectivity index (χ4n) is 2.03. The van der Waals surface area contributed by atoms with Gasteiger partial charge in [-0.1, -0.05) is 29.3 Å². The number of halogens is 2. The van der Waals surface area contributed by atoms with Gasteiger partial charge in [-0.3, -0.25) is 4.79 Å². The van der Waals surface area contributed by atoms with Crippen molar-refractivity contribution in [2.24, 2.45) is 0 Å². The second-order valence-corrected chi connectivity index (χ2v) is 8.56. The summed E-state index contributed by atoms with van der Waals surface area (Å²) in [5.74, 6) is -0.464. The van der Waals surface area contributed by atoms with Crippen molar-refractivity contribution in [3.8, 4) is 0 Å². The van der Waals surface area contributed by atoms with Gasteiger partial charge in [-0.15, -0.1) is 0 Å². The first-order chi connectivity index (χ1) is 11.6. The molecule has 0 aromatic heterocycles. The summed E-state index contributed by atoms with van der Waals surface area (Å²) in [6.07, 6.45) is 0. The molecule has 0 aliphatic carbocycles. The maximum absolute atomic E-state index is 12.6. The molecule has 2 aromatic rings. The summed E-state index contributed by atoms with van der Waals surface area (Å²) in [6, 6.07) is 10.4. The smallest absolute Gasteiger partial charge is 0.255 e. The fraction of sp³-hybridized carbons (Fsp3) is 0.235. The van der Waals surface area contributed by atoms with Crippen LogP contribution in [-0.2, 0) is 10.0 Å². The Morgan fingerprint density at radius 1 is 1.12 bits per heavy atom. The molecule has 25 heavy (non-hydrogen) atoms. The van der Waals surface area contributed by atoms with Gasteiger partial charge in [-0.25, -0.2) is 8.42 Å². The topological polar surface area (TPSA) is 66.5 Å². The zero-order valence-electron chi connectivity index (χ0n) is 14.0. The number of anilines is 1. The average Bonchev–Trinajstić information content (AvgIpc) is 2.56. The normalized spacial score (nSPS) is 11.8. The van der Waals surface area contributed by atoms with Crippen LogP contribution in [0.25, 0.3) is 0 Å². The van der Waals surface area contributed by atoms with Crippen molar-refractivity contribution < 1.29 is 13.2 Å². The number of sulfonamides is 1. The van der Waals surface area contributed by atoms with Gasteiger partial charge in [0, 0.05) is 23.7 Å². The number of carbonyl (C=O) groups is 1. The van der Waals surface area contributed by atoms with Gasteiger partial charge in [0.25, 0.3) is 5.91 Å². The molecule has 0 bridgehead atoms. The highest BCUT2D eigenvalue weighted by atomic mass is 35.5. The molecule has 0 atom stereocenters. The number of hydrogen-bond donors (Lipinski definition) is 1. The van der Waals surface area contributed by atoms with E-state index in [1.807, 2.05) is 0 Å². The summed E-state index contributed by atoms with van der Waals surface area (Å²) in [6.45, 7) is 3.55. The van der Waals surface area contributed by atoms with Crippen molar-refractivity contribution in [1.29, 1.82) is 0 Å². The molecule has 0 saturated carbocycles. The van der Waals surface area contributed by atoms with E-state index < -0.39 is 15.9 Å². The third-order valence-electron chi connectivity index (χ3n) is 3.68. The first-order valence-corrected chi connectivity index (χ1v) is 9.67. The summed E-state index contributed by atoms with van der Waals surface area (Å²) in [7, 11) is -2.17. The molecule has 0 spiro atoms. The Kier molecular flexibility index (Phi) is 6.11. The molecule has 1 amide bonds. The minimum absolute atomic E-state index is 0.0542. The monoisotopic (exact) mass is 400 g/mol. The molecular weight excluding hydrogens is 383 g/mol. The summed E-state index contributed by atoms with van der Waals surface area (Å²) in [4.78, 5) is 12.5. The molecule has 0 aliphatic heterocycles. The van der Waals surface area contributed by atoms with E-state index in [1.54, 1.807) is 26.0 Å². The minimum Gasteiger partial charge on any atom is -0.321 e. The maximum atomic E-state index is 12.6. The number of rotatable bonds is 5. The summed E-state index contributed by atoms with van der Waals surface area (Å²) >= 11 is 11.9. The maximum Gasteiger partial charge on any atom is 0.255 e. The van der Waals surface area contributed by atoms with Crippen LogP contribution in [0.4, 0.5) is 5.69 Å². The molecule has 0 saturated heterocycles. The molecule has 1 N–H and O–H groups in total. The van der Waals surface area contributed by atoms with Crippen LogP contribution in [0.15, 0.2) is 47.4 Å². The number of amides is 1. The Bertz CT molecular complexity index is 899. The second kappa shape index (κ2) is 7.74. The predicted molar refractivity (Wildman–Crippen MR) is 101 cm³/mol. The van der Waals surface area contributed by atoms with E-state index in [0.717, 1.165) is 0 Å². The molecule has 0 heterocycles. The average molecular weight is 401 g/mol. The second-order valence-electron chi connectivity index (χ2n) is 5.72. The highest BCUT2D eigenvalue weighted by Gasteiger charge is 2.24. The SMILES string of the molecule is CC(C)N(C)S(=O)(=O)c1cccc(C(=O)Nc2ccc(Cl)cc2Cl)c1. The lowest BCUT2D eigenvalue weighted by Gasteiger charge is -2.21. The van der Waals surface area contributed by atoms with Crippen LogP contribution in [0.5, 0.6) is 0 Å². The highest BCUT2D eigenvalue weighted by Crippen LogP contribution is 2.26. The van der Waals surface area contributed by atoms with Crippen molar-refractivity contribution >= 4 is 44.8 Å². The van der Waals surface area contributed by atoms with Gasteiger partial charge in [-0.05, 0) is 50.2 Å². The van der Waals surface area contributed by atoms with Gasteiger partial charge < -0.3 is 5.32 Å². The Morgan fingerprint density at radius 2 is 1.80 bits per heavy atom. The lowest BCUT2D eigenvalue weighted by molar-refractivity contribution is 0.102. The standard InChI is InChI=1S/C17H18Cl2N2O3S/c1-11(2)21(3)25(23,24)14-6-4-5-12(9-14)17(22)20-16-8-7-13(18)10-15(16)19/h4-11H,1-3H3,(H,20,22). The van der Waals surface area contributed by atoms with Crippen LogP contribution in [0.2, 0.25) is 10.0 Å². The lowest BCUT2D eigenvalue weighted by Crippen LogP contribution is -2.33. The van der Waals surface area contributed by atoms with Gasteiger partial charge in [0.05, 0.1) is 15.6 Å². The summed E-state index contributed by atoms with van der Waals surface area (Å²) in [5, 5.41) is 3.39. The van der Waals surface area contributed by atoms with Crippen molar-refractivity contribution in [2.45, 2.75) is 24.8 Å². The number of carbonyl (C=O) groups excluding carboxylic acids is 1. The van der Waals surface area contributed by atoms with E-state index in [2.05, 4.69) is 5.32 Å². The van der Waals surface area contributed by atoms with Gasteiger partial charge in [0.1, 0.15) is 0 Å². The van der Waals surface area contributed by atoms with Gasteiger partial charge in [0.2, 0.25) is 10.0 Å². The first-order valence-electron chi connectivity index (χ1n) is 7.47. The zero-order valence-corrected chi connectivity index (χ0v) is 16.3. The third kappa shape index (κ3) is 4.52. The molecule has 0 fully saturated rings. The number of nitrogens with zero attached hydrogens (tertiary/aromatic N) is 1. The van der Waals surface area contributed by atoms with Gasteiger partial charge in [-0.2, -0.15) is 4.31 Å². The number of hydrogen-bond acceptors (Lipinski definition) is 3.